The number of hydrogen-bond acceptors (Lipinski definition) is 4. The molecule has 3 nitrogen and oxygen atoms in total. The Morgan fingerprint density at radius 1 is 1.64 bits per heavy atom. The van der Waals surface area contributed by atoms with Gasteiger partial charge in [-0.3, -0.25) is 0 Å². The Morgan fingerprint density at radius 3 is 3.29 bits per heavy atom. The summed E-state index contributed by atoms with van der Waals surface area (Å²) in [5.41, 5.74) is 1.09. The van der Waals surface area contributed by atoms with Crippen molar-refractivity contribution in [3.05, 3.63) is 23.8 Å². The van der Waals surface area contributed by atoms with Crippen LogP contribution in [0.5, 0.6) is 0 Å². The third-order valence-electron chi connectivity index (χ3n) is 2.34. The van der Waals surface area contributed by atoms with Gasteiger partial charge in [0.05, 0.1) is 5.69 Å². The van der Waals surface area contributed by atoms with Crippen LogP contribution in [0.2, 0.25) is 0 Å². The molecule has 0 bridgehead atoms. The molecule has 0 amide bonds. The average Bonchev–Trinajstić information content (AvgIpc) is 2.67. The highest BCUT2D eigenvalue weighted by Gasteiger charge is 2.14. The third-order valence-corrected chi connectivity index (χ3v) is 3.50. The van der Waals surface area contributed by atoms with E-state index in [0.29, 0.717) is 6.04 Å². The van der Waals surface area contributed by atoms with Gasteiger partial charge in [-0.05, 0) is 25.2 Å². The Morgan fingerprint density at radius 2 is 2.57 bits per heavy atom. The maximum Gasteiger partial charge on any atom is 0.125 e. The van der Waals surface area contributed by atoms with E-state index in [1.807, 2.05) is 30.9 Å². The maximum absolute atomic E-state index is 4.35. The predicted molar refractivity (Wildman–Crippen MR) is 59.3 cm³/mol. The van der Waals surface area contributed by atoms with Crippen molar-refractivity contribution >= 4 is 11.8 Å². The normalized spacial score (nSPS) is 21.4. The van der Waals surface area contributed by atoms with Gasteiger partial charge >= 0.3 is 0 Å². The van der Waals surface area contributed by atoms with Crippen LogP contribution in [0, 0.1) is 6.92 Å². The minimum Gasteiger partial charge on any atom is -0.308 e. The monoisotopic (exact) mass is 209 g/mol. The van der Waals surface area contributed by atoms with E-state index < -0.39 is 0 Å². The van der Waals surface area contributed by atoms with Crippen LogP contribution in [0.3, 0.4) is 0 Å². The molecule has 1 atom stereocenters. The molecule has 1 unspecified atom stereocenters. The quantitative estimate of drug-likeness (QED) is 0.816. The summed E-state index contributed by atoms with van der Waals surface area (Å²) in [4.78, 5) is 8.43. The SMILES string of the molecule is Cc1nccc(CNC2CCSC2)n1. The Bertz CT molecular complexity index is 297. The Hall–Kier alpha value is -0.610. The average molecular weight is 209 g/mol. The molecule has 1 N–H and O–H groups in total. The zero-order valence-corrected chi connectivity index (χ0v) is 9.18. The molecule has 1 aliphatic heterocycles. The van der Waals surface area contributed by atoms with Gasteiger partial charge in [0.1, 0.15) is 5.82 Å². The fourth-order valence-electron chi connectivity index (χ4n) is 1.55. The van der Waals surface area contributed by atoms with Crippen LogP contribution >= 0.6 is 11.8 Å². The predicted octanol–water partition coefficient (Wildman–Crippen LogP) is 1.38. The van der Waals surface area contributed by atoms with Crippen molar-refractivity contribution < 1.29 is 0 Å². The summed E-state index contributed by atoms with van der Waals surface area (Å²) in [5, 5.41) is 3.51. The van der Waals surface area contributed by atoms with Gasteiger partial charge in [-0.1, -0.05) is 0 Å². The number of rotatable bonds is 3. The van der Waals surface area contributed by atoms with Gasteiger partial charge in [-0.15, -0.1) is 0 Å². The minimum atomic E-state index is 0.676. The van der Waals surface area contributed by atoms with E-state index in [-0.39, 0.29) is 0 Å². The van der Waals surface area contributed by atoms with Gasteiger partial charge in [0.25, 0.3) is 0 Å². The van der Waals surface area contributed by atoms with Crippen LogP contribution in [0.4, 0.5) is 0 Å². The van der Waals surface area contributed by atoms with Crippen LogP contribution < -0.4 is 5.32 Å². The molecule has 1 aliphatic rings. The molecule has 1 aromatic heterocycles. The lowest BCUT2D eigenvalue weighted by molar-refractivity contribution is 0.550. The van der Waals surface area contributed by atoms with Gasteiger partial charge in [0, 0.05) is 24.5 Å². The van der Waals surface area contributed by atoms with Crippen LogP contribution in [-0.2, 0) is 6.54 Å². The molecule has 0 aromatic carbocycles. The zero-order chi connectivity index (χ0) is 9.80. The van der Waals surface area contributed by atoms with Crippen molar-refractivity contribution in [1.29, 1.82) is 0 Å². The highest BCUT2D eigenvalue weighted by Crippen LogP contribution is 2.17. The topological polar surface area (TPSA) is 37.8 Å². The molecule has 0 radical (unpaired) electrons. The molecule has 1 aromatic rings. The molecular weight excluding hydrogens is 194 g/mol. The first-order valence-electron chi connectivity index (χ1n) is 4.94. The third kappa shape index (κ3) is 2.69. The molecule has 2 rings (SSSR count). The lowest BCUT2D eigenvalue weighted by Crippen LogP contribution is -2.28. The number of nitrogens with one attached hydrogen (secondary N) is 1. The van der Waals surface area contributed by atoms with E-state index in [1.54, 1.807) is 0 Å². The largest absolute Gasteiger partial charge is 0.308 e. The number of hydrogen-bond donors (Lipinski definition) is 1. The van der Waals surface area contributed by atoms with Crippen LogP contribution in [0.15, 0.2) is 12.3 Å². The van der Waals surface area contributed by atoms with Crippen molar-refractivity contribution in [2.45, 2.75) is 25.9 Å². The zero-order valence-electron chi connectivity index (χ0n) is 8.36. The van der Waals surface area contributed by atoms with E-state index >= 15 is 0 Å². The second-order valence-electron chi connectivity index (χ2n) is 3.54. The van der Waals surface area contributed by atoms with Gasteiger partial charge in [0.15, 0.2) is 0 Å². The molecule has 2 heterocycles. The molecule has 76 valence electrons. The molecule has 14 heavy (non-hydrogen) atoms. The van der Waals surface area contributed by atoms with Crippen LogP contribution in [-0.4, -0.2) is 27.5 Å². The standard InChI is InChI=1S/C10H15N3S/c1-8-11-4-2-9(13-8)6-12-10-3-5-14-7-10/h2,4,10,12H,3,5-7H2,1H3. The Balaban J connectivity index is 1.85. The first-order chi connectivity index (χ1) is 6.84. The summed E-state index contributed by atoms with van der Waals surface area (Å²) < 4.78 is 0. The summed E-state index contributed by atoms with van der Waals surface area (Å²) in [6, 6.07) is 2.65. The summed E-state index contributed by atoms with van der Waals surface area (Å²) in [6.45, 7) is 2.80. The first-order valence-corrected chi connectivity index (χ1v) is 6.10. The maximum atomic E-state index is 4.35. The van der Waals surface area contributed by atoms with Gasteiger partial charge in [-0.2, -0.15) is 11.8 Å². The smallest absolute Gasteiger partial charge is 0.125 e. The highest BCUT2D eigenvalue weighted by atomic mass is 32.2. The number of nitrogens with zero attached hydrogens (tertiary/aromatic N) is 2. The van der Waals surface area contributed by atoms with Gasteiger partial charge in [0.2, 0.25) is 0 Å². The number of aryl methyl sites for hydroxylation is 1. The van der Waals surface area contributed by atoms with Crippen molar-refractivity contribution in [3.63, 3.8) is 0 Å². The minimum absolute atomic E-state index is 0.676. The molecule has 0 spiro atoms. The lowest BCUT2D eigenvalue weighted by atomic mass is 10.2. The van der Waals surface area contributed by atoms with Crippen LogP contribution in [0.1, 0.15) is 17.9 Å². The molecule has 0 aliphatic carbocycles. The van der Waals surface area contributed by atoms with E-state index in [1.165, 1.54) is 17.9 Å². The number of thioether (sulfide) groups is 1. The van der Waals surface area contributed by atoms with Crippen molar-refractivity contribution in [1.82, 2.24) is 15.3 Å². The number of aromatic nitrogens is 2. The summed E-state index contributed by atoms with van der Waals surface area (Å²) in [6.07, 6.45) is 3.11. The lowest BCUT2D eigenvalue weighted by Gasteiger charge is -2.10. The van der Waals surface area contributed by atoms with E-state index in [0.717, 1.165) is 18.1 Å². The van der Waals surface area contributed by atoms with Crippen molar-refractivity contribution in [2.75, 3.05) is 11.5 Å². The second-order valence-corrected chi connectivity index (χ2v) is 4.69. The van der Waals surface area contributed by atoms with Gasteiger partial charge in [-0.25, -0.2) is 9.97 Å². The fourth-order valence-corrected chi connectivity index (χ4v) is 2.73. The summed E-state index contributed by atoms with van der Waals surface area (Å²) in [7, 11) is 0. The van der Waals surface area contributed by atoms with Gasteiger partial charge < -0.3 is 5.32 Å². The summed E-state index contributed by atoms with van der Waals surface area (Å²) in [5.74, 6) is 3.38. The van der Waals surface area contributed by atoms with Crippen molar-refractivity contribution in [2.24, 2.45) is 0 Å². The van der Waals surface area contributed by atoms with Crippen molar-refractivity contribution in [3.8, 4) is 0 Å². The van der Waals surface area contributed by atoms with E-state index in [4.69, 9.17) is 0 Å². The molecule has 1 saturated heterocycles. The fraction of sp³-hybridized carbons (Fsp3) is 0.600. The van der Waals surface area contributed by atoms with E-state index in [9.17, 15) is 0 Å². The van der Waals surface area contributed by atoms with E-state index in [2.05, 4.69) is 15.3 Å². The first kappa shape index (κ1) is 9.93. The Kier molecular flexibility index (Phi) is 3.37. The molecule has 4 heteroatoms. The molecular formula is C10H15N3S. The Labute approximate surface area is 88.7 Å². The molecule has 1 fully saturated rings. The molecule has 0 saturated carbocycles. The highest BCUT2D eigenvalue weighted by molar-refractivity contribution is 7.99. The van der Waals surface area contributed by atoms with Crippen LogP contribution in [0.25, 0.3) is 0 Å². The summed E-state index contributed by atoms with van der Waals surface area (Å²) >= 11 is 2.03. The second kappa shape index (κ2) is 4.75.